The standard InChI is InChI=1S/C10H20N2O2S2/c1-9(2,5(15)7(11)13)10(3,4)6(16)8(12)14/h5-6,15-16H,1-4H3,(H2,11,13)(H2,12,14). The summed E-state index contributed by atoms with van der Waals surface area (Å²) in [5, 5.41) is -1.34. The molecule has 0 saturated carbocycles. The smallest absolute Gasteiger partial charge is 0.230 e. The van der Waals surface area contributed by atoms with E-state index in [1.165, 1.54) is 0 Å². The van der Waals surface area contributed by atoms with Crippen LogP contribution in [0.3, 0.4) is 0 Å². The Balaban J connectivity index is 5.27. The number of hydrogen-bond acceptors (Lipinski definition) is 4. The summed E-state index contributed by atoms with van der Waals surface area (Å²) in [5.74, 6) is -1.04. The Hall–Kier alpha value is -0.360. The highest BCUT2D eigenvalue weighted by molar-refractivity contribution is 7.82. The van der Waals surface area contributed by atoms with Crippen molar-refractivity contribution in [1.82, 2.24) is 0 Å². The highest BCUT2D eigenvalue weighted by atomic mass is 32.1. The third-order valence-electron chi connectivity index (χ3n) is 3.57. The summed E-state index contributed by atoms with van der Waals surface area (Å²) in [4.78, 5) is 22.4. The maximum atomic E-state index is 11.2. The summed E-state index contributed by atoms with van der Waals surface area (Å²) < 4.78 is 0. The van der Waals surface area contributed by atoms with Crippen LogP contribution in [0.25, 0.3) is 0 Å². The number of primary amides is 2. The fraction of sp³-hybridized carbons (Fsp3) is 0.800. The first-order valence-corrected chi connectivity index (χ1v) is 5.94. The van der Waals surface area contributed by atoms with Crippen LogP contribution in [0.15, 0.2) is 0 Å². The van der Waals surface area contributed by atoms with Gasteiger partial charge in [-0.2, -0.15) is 25.3 Å². The van der Waals surface area contributed by atoms with Crippen LogP contribution in [0.5, 0.6) is 0 Å². The lowest BCUT2D eigenvalue weighted by Gasteiger charge is -2.46. The van der Waals surface area contributed by atoms with Gasteiger partial charge >= 0.3 is 0 Å². The molecule has 4 N–H and O–H groups in total. The Kier molecular flexibility index (Phi) is 4.76. The van der Waals surface area contributed by atoms with Crippen molar-refractivity contribution in [3.05, 3.63) is 0 Å². The van der Waals surface area contributed by atoms with Crippen LogP contribution in [0.1, 0.15) is 27.7 Å². The lowest BCUT2D eigenvalue weighted by atomic mass is 9.63. The number of nitrogens with two attached hydrogens (primary N) is 2. The van der Waals surface area contributed by atoms with Crippen LogP contribution in [0.2, 0.25) is 0 Å². The van der Waals surface area contributed by atoms with Crippen LogP contribution in [0.4, 0.5) is 0 Å². The summed E-state index contributed by atoms with van der Waals surface area (Å²) in [6, 6.07) is 0. The van der Waals surface area contributed by atoms with Crippen LogP contribution in [0, 0.1) is 10.8 Å². The summed E-state index contributed by atoms with van der Waals surface area (Å²) in [5.41, 5.74) is 9.26. The molecule has 16 heavy (non-hydrogen) atoms. The van der Waals surface area contributed by atoms with Crippen LogP contribution < -0.4 is 11.5 Å². The van der Waals surface area contributed by atoms with E-state index in [1.54, 1.807) is 0 Å². The first-order chi connectivity index (χ1) is 6.96. The average Bonchev–Trinajstić information content (AvgIpc) is 2.14. The zero-order chi connectivity index (χ0) is 13.3. The van der Waals surface area contributed by atoms with E-state index in [9.17, 15) is 9.59 Å². The summed E-state index contributed by atoms with van der Waals surface area (Å²) in [6.45, 7) is 7.28. The van der Waals surface area contributed by atoms with Crippen LogP contribution >= 0.6 is 25.3 Å². The molecule has 0 fully saturated rings. The Bertz CT molecular complexity index is 273. The molecule has 4 nitrogen and oxygen atoms in total. The Labute approximate surface area is 107 Å². The van der Waals surface area contributed by atoms with Gasteiger partial charge in [0.25, 0.3) is 0 Å². The van der Waals surface area contributed by atoms with Gasteiger partial charge in [-0.15, -0.1) is 0 Å². The number of thiol groups is 2. The molecule has 0 radical (unpaired) electrons. The SMILES string of the molecule is CC(C)(C(S)C(N)=O)C(C)(C)C(S)C(N)=O. The largest absolute Gasteiger partial charge is 0.369 e. The van der Waals surface area contributed by atoms with E-state index in [0.29, 0.717) is 0 Å². The topological polar surface area (TPSA) is 86.2 Å². The van der Waals surface area contributed by atoms with Crippen molar-refractivity contribution in [2.24, 2.45) is 22.3 Å². The monoisotopic (exact) mass is 264 g/mol. The Morgan fingerprint density at radius 1 is 0.875 bits per heavy atom. The molecule has 2 atom stereocenters. The van der Waals surface area contributed by atoms with Gasteiger partial charge in [0.2, 0.25) is 11.8 Å². The van der Waals surface area contributed by atoms with Gasteiger partial charge in [0.15, 0.2) is 0 Å². The van der Waals surface area contributed by atoms with Crippen molar-refractivity contribution in [2.75, 3.05) is 0 Å². The second-order valence-electron chi connectivity index (χ2n) is 5.05. The van der Waals surface area contributed by atoms with Crippen molar-refractivity contribution < 1.29 is 9.59 Å². The molecule has 0 aromatic rings. The quantitative estimate of drug-likeness (QED) is 0.548. The van der Waals surface area contributed by atoms with Crippen molar-refractivity contribution in [3.8, 4) is 0 Å². The second-order valence-corrected chi connectivity index (χ2v) is 6.09. The van der Waals surface area contributed by atoms with Gasteiger partial charge in [0, 0.05) is 0 Å². The van der Waals surface area contributed by atoms with E-state index in [1.807, 2.05) is 27.7 Å². The molecule has 0 bridgehead atoms. The van der Waals surface area contributed by atoms with Crippen molar-refractivity contribution in [1.29, 1.82) is 0 Å². The summed E-state index contributed by atoms with van der Waals surface area (Å²) >= 11 is 8.40. The number of rotatable bonds is 5. The predicted molar refractivity (Wildman–Crippen MR) is 71.5 cm³/mol. The third kappa shape index (κ3) is 2.66. The van der Waals surface area contributed by atoms with E-state index in [0.717, 1.165) is 0 Å². The highest BCUT2D eigenvalue weighted by Crippen LogP contribution is 2.47. The number of carbonyl (C=O) groups is 2. The number of carbonyl (C=O) groups excluding carboxylic acids is 2. The molecular formula is C10H20N2O2S2. The molecule has 0 spiro atoms. The first kappa shape index (κ1) is 15.6. The lowest BCUT2D eigenvalue weighted by Crippen LogP contribution is -2.53. The number of hydrogen-bond donors (Lipinski definition) is 4. The molecule has 0 saturated heterocycles. The van der Waals surface area contributed by atoms with Crippen molar-refractivity contribution in [2.45, 2.75) is 38.2 Å². The van der Waals surface area contributed by atoms with Crippen molar-refractivity contribution >= 4 is 37.1 Å². The lowest BCUT2D eigenvalue weighted by molar-refractivity contribution is -0.125. The fourth-order valence-electron chi connectivity index (χ4n) is 1.42. The van der Waals surface area contributed by atoms with Gasteiger partial charge in [-0.3, -0.25) is 9.59 Å². The zero-order valence-electron chi connectivity index (χ0n) is 10.0. The highest BCUT2D eigenvalue weighted by Gasteiger charge is 2.49. The average molecular weight is 264 g/mol. The summed E-state index contributed by atoms with van der Waals surface area (Å²) in [7, 11) is 0. The second kappa shape index (κ2) is 4.87. The molecule has 0 aromatic heterocycles. The molecule has 0 aromatic carbocycles. The van der Waals surface area contributed by atoms with Gasteiger partial charge in [0.1, 0.15) is 0 Å². The maximum absolute atomic E-state index is 11.2. The van der Waals surface area contributed by atoms with Gasteiger partial charge < -0.3 is 11.5 Å². The third-order valence-corrected chi connectivity index (χ3v) is 5.37. The van der Waals surface area contributed by atoms with E-state index in [4.69, 9.17) is 11.5 Å². The summed E-state index contributed by atoms with van der Waals surface area (Å²) in [6.07, 6.45) is 0. The van der Waals surface area contributed by atoms with Gasteiger partial charge in [-0.25, -0.2) is 0 Å². The van der Waals surface area contributed by atoms with Gasteiger partial charge in [-0.05, 0) is 10.8 Å². The van der Waals surface area contributed by atoms with E-state index < -0.39 is 33.1 Å². The molecule has 0 heterocycles. The minimum absolute atomic E-state index is 0.522. The van der Waals surface area contributed by atoms with Gasteiger partial charge in [-0.1, -0.05) is 27.7 Å². The maximum Gasteiger partial charge on any atom is 0.230 e. The van der Waals surface area contributed by atoms with E-state index >= 15 is 0 Å². The first-order valence-electron chi connectivity index (χ1n) is 4.91. The van der Waals surface area contributed by atoms with Gasteiger partial charge in [0.05, 0.1) is 10.5 Å². The Morgan fingerprint density at radius 3 is 1.19 bits per heavy atom. The minimum atomic E-state index is -0.670. The molecule has 2 unspecified atom stereocenters. The molecule has 6 heteroatoms. The van der Waals surface area contributed by atoms with Crippen LogP contribution in [-0.2, 0) is 9.59 Å². The predicted octanol–water partition coefficient (Wildman–Crippen LogP) is 0.606. The molecule has 0 aliphatic carbocycles. The molecule has 0 aliphatic heterocycles. The zero-order valence-corrected chi connectivity index (χ0v) is 11.8. The molecule has 94 valence electrons. The number of amides is 2. The van der Waals surface area contributed by atoms with Crippen LogP contribution in [-0.4, -0.2) is 22.3 Å². The normalized spacial score (nSPS) is 16.6. The fourth-order valence-corrected chi connectivity index (χ4v) is 2.08. The minimum Gasteiger partial charge on any atom is -0.369 e. The molecule has 2 amide bonds. The molecule has 0 aliphatic rings. The van der Waals surface area contributed by atoms with Crippen molar-refractivity contribution in [3.63, 3.8) is 0 Å². The van der Waals surface area contributed by atoms with E-state index in [2.05, 4.69) is 25.3 Å². The Morgan fingerprint density at radius 2 is 1.06 bits per heavy atom. The molecular weight excluding hydrogens is 244 g/mol. The molecule has 0 rings (SSSR count). The van der Waals surface area contributed by atoms with E-state index in [-0.39, 0.29) is 0 Å².